The third kappa shape index (κ3) is 4.00. The number of benzene rings is 3. The van der Waals surface area contributed by atoms with Crippen LogP contribution in [0.15, 0.2) is 76.0 Å². The molecule has 3 aromatic carbocycles. The number of imidazole rings is 1. The van der Waals surface area contributed by atoms with Crippen LogP contribution in [0.1, 0.15) is 40.8 Å². The van der Waals surface area contributed by atoms with Gasteiger partial charge in [-0.1, -0.05) is 47.6 Å². The second-order valence-electron chi connectivity index (χ2n) is 8.73. The van der Waals surface area contributed by atoms with E-state index in [0.717, 1.165) is 22.3 Å². The van der Waals surface area contributed by atoms with Gasteiger partial charge in [0.2, 0.25) is 5.82 Å². The fourth-order valence-electron chi connectivity index (χ4n) is 4.76. The average molecular weight is 504 g/mol. The molecule has 0 aliphatic carbocycles. The molecule has 0 bridgehead atoms. The Morgan fingerprint density at radius 1 is 1.05 bits per heavy atom. The first-order valence-electron chi connectivity index (χ1n) is 11.4. The second-order valence-corrected chi connectivity index (χ2v) is 8.73. The highest BCUT2D eigenvalue weighted by atomic mass is 19.4. The van der Waals surface area contributed by atoms with E-state index in [4.69, 9.17) is 9.26 Å². The van der Waals surface area contributed by atoms with E-state index in [9.17, 15) is 18.0 Å². The Morgan fingerprint density at radius 3 is 2.62 bits per heavy atom. The van der Waals surface area contributed by atoms with E-state index in [2.05, 4.69) is 15.1 Å². The van der Waals surface area contributed by atoms with E-state index in [1.165, 1.54) is 4.57 Å². The summed E-state index contributed by atoms with van der Waals surface area (Å²) in [6.07, 6.45) is -4.60. The highest BCUT2D eigenvalue weighted by Gasteiger charge is 2.37. The molecule has 0 saturated heterocycles. The monoisotopic (exact) mass is 504 g/mol. The molecule has 0 spiro atoms. The molecule has 0 atom stereocenters. The van der Waals surface area contributed by atoms with E-state index in [-0.39, 0.29) is 24.5 Å². The van der Waals surface area contributed by atoms with E-state index in [1.54, 1.807) is 30.3 Å². The highest BCUT2D eigenvalue weighted by Crippen LogP contribution is 2.41. The zero-order chi connectivity index (χ0) is 25.7. The number of H-pyrrole nitrogens is 1. The summed E-state index contributed by atoms with van der Waals surface area (Å²) in [6, 6.07) is 19.5. The first-order chi connectivity index (χ1) is 17.8. The summed E-state index contributed by atoms with van der Waals surface area (Å²) in [5, 5.41) is 3.84. The summed E-state index contributed by atoms with van der Waals surface area (Å²) in [5.74, 6) is -0.692. The molecule has 0 amide bonds. The van der Waals surface area contributed by atoms with Gasteiger partial charge < -0.3 is 9.30 Å². The van der Waals surface area contributed by atoms with Gasteiger partial charge in [-0.3, -0.25) is 9.51 Å². The number of aromatic amines is 1. The molecule has 37 heavy (non-hydrogen) atoms. The number of halogens is 3. The minimum atomic E-state index is -4.60. The van der Waals surface area contributed by atoms with E-state index >= 15 is 0 Å². The largest absolute Gasteiger partial charge is 0.488 e. The van der Waals surface area contributed by atoms with Gasteiger partial charge in [0.15, 0.2) is 5.82 Å². The second kappa shape index (κ2) is 8.51. The topological polar surface area (TPSA) is 85.9 Å². The van der Waals surface area contributed by atoms with Crippen molar-refractivity contribution in [3.8, 4) is 5.75 Å². The third-order valence-corrected chi connectivity index (χ3v) is 6.40. The summed E-state index contributed by atoms with van der Waals surface area (Å²) in [4.78, 5) is 18.0. The van der Waals surface area contributed by atoms with E-state index < -0.39 is 17.8 Å². The lowest BCUT2D eigenvalue weighted by Crippen LogP contribution is -2.15. The molecule has 1 aliphatic heterocycles. The molecule has 2 aromatic heterocycles. The van der Waals surface area contributed by atoms with E-state index in [0.29, 0.717) is 22.4 Å². The normalized spacial score (nSPS) is 14.6. The van der Waals surface area contributed by atoms with Crippen LogP contribution in [0.4, 0.5) is 13.2 Å². The number of nitrogens with one attached hydrogen (secondary N) is 1. The predicted octanol–water partition coefficient (Wildman–Crippen LogP) is 5.65. The zero-order valence-corrected chi connectivity index (χ0v) is 19.5. The maximum absolute atomic E-state index is 13.8. The third-order valence-electron chi connectivity index (χ3n) is 6.40. The number of nitrogens with zero attached hydrogens (tertiary/aromatic N) is 3. The number of fused-ring (bicyclic) bond motifs is 3. The van der Waals surface area contributed by atoms with Gasteiger partial charge >= 0.3 is 11.9 Å². The van der Waals surface area contributed by atoms with Crippen LogP contribution >= 0.6 is 0 Å². The average Bonchev–Trinajstić information content (AvgIpc) is 3.44. The minimum Gasteiger partial charge on any atom is -0.488 e. The molecule has 0 unspecified atom stereocenters. The van der Waals surface area contributed by atoms with Gasteiger partial charge in [-0.25, -0.2) is 9.78 Å². The smallest absolute Gasteiger partial charge is 0.449 e. The standard InChI is InChI=1S/C27H19F3N4O3/c1-15(24-32-26(35)37-33-24)23-18-11-10-16(12-17(18)14-36-22-9-5-2-6-19(22)23)13-34-21-8-4-3-7-20(21)31-25(34)27(28,29)30/h2-12H,13-14H2,1H3,(H,32,33,35)/b23-15+. The molecule has 0 radical (unpaired) electrons. The highest BCUT2D eigenvalue weighted by molar-refractivity contribution is 5.99. The van der Waals surface area contributed by atoms with Crippen LogP contribution in [-0.4, -0.2) is 19.7 Å². The number of hydrogen-bond donors (Lipinski definition) is 1. The molecule has 0 fully saturated rings. The number of aromatic nitrogens is 4. The number of allylic oxidation sites excluding steroid dienone is 1. The first-order valence-corrected chi connectivity index (χ1v) is 11.4. The van der Waals surface area contributed by atoms with Crippen molar-refractivity contribution >= 4 is 22.2 Å². The van der Waals surface area contributed by atoms with Crippen LogP contribution in [0.3, 0.4) is 0 Å². The van der Waals surface area contributed by atoms with Crippen LogP contribution in [0.5, 0.6) is 5.75 Å². The van der Waals surface area contributed by atoms with Crippen molar-refractivity contribution in [3.05, 3.63) is 111 Å². The van der Waals surface area contributed by atoms with Crippen molar-refractivity contribution in [3.63, 3.8) is 0 Å². The number of hydrogen-bond acceptors (Lipinski definition) is 5. The number of alkyl halides is 3. The molecule has 186 valence electrons. The predicted molar refractivity (Wildman–Crippen MR) is 130 cm³/mol. The maximum Gasteiger partial charge on any atom is 0.449 e. The number of ether oxygens (including phenoxy) is 1. The lowest BCUT2D eigenvalue weighted by molar-refractivity contribution is -0.146. The van der Waals surface area contributed by atoms with Crippen molar-refractivity contribution in [2.24, 2.45) is 0 Å². The molecular formula is C27H19F3N4O3. The number of rotatable bonds is 3. The Morgan fingerprint density at radius 2 is 1.84 bits per heavy atom. The van der Waals surface area contributed by atoms with Crippen LogP contribution in [0, 0.1) is 0 Å². The first kappa shape index (κ1) is 22.8. The van der Waals surface area contributed by atoms with Crippen LogP contribution in [-0.2, 0) is 19.3 Å². The fraction of sp³-hybridized carbons (Fsp3) is 0.148. The quantitative estimate of drug-likeness (QED) is 0.343. The summed E-state index contributed by atoms with van der Waals surface area (Å²) in [6.45, 7) is 2.00. The van der Waals surface area contributed by atoms with Crippen LogP contribution < -0.4 is 10.5 Å². The lowest BCUT2D eigenvalue weighted by atomic mass is 9.89. The van der Waals surface area contributed by atoms with Gasteiger partial charge in [-0.2, -0.15) is 13.2 Å². The Kier molecular flexibility index (Phi) is 5.25. The summed E-state index contributed by atoms with van der Waals surface area (Å²) in [5.41, 5.74) is 5.20. The van der Waals surface area contributed by atoms with Gasteiger partial charge in [0.05, 0.1) is 11.0 Å². The van der Waals surface area contributed by atoms with Crippen LogP contribution in [0.25, 0.3) is 22.2 Å². The van der Waals surface area contributed by atoms with Gasteiger partial charge in [-0.05, 0) is 53.5 Å². The summed E-state index contributed by atoms with van der Waals surface area (Å²) < 4.78 is 53.4. The summed E-state index contributed by atoms with van der Waals surface area (Å²) in [7, 11) is 0. The molecule has 5 aromatic rings. The molecule has 7 nitrogen and oxygen atoms in total. The van der Waals surface area contributed by atoms with Crippen molar-refractivity contribution in [2.75, 3.05) is 0 Å². The Bertz CT molecular complexity index is 1740. The SMILES string of the molecule is C/C(=C1/c2ccc(Cn3c(C(F)(F)F)nc4ccccc43)cc2COc2ccccc21)c1noc(=O)[nH]1. The van der Waals surface area contributed by atoms with Crippen molar-refractivity contribution < 1.29 is 22.4 Å². The van der Waals surface area contributed by atoms with Crippen molar-refractivity contribution in [1.82, 2.24) is 19.7 Å². The molecule has 3 heterocycles. The van der Waals surface area contributed by atoms with Gasteiger partial charge in [0.1, 0.15) is 12.4 Å². The van der Waals surface area contributed by atoms with Crippen LogP contribution in [0.2, 0.25) is 0 Å². The zero-order valence-electron chi connectivity index (χ0n) is 19.5. The summed E-state index contributed by atoms with van der Waals surface area (Å²) >= 11 is 0. The molecule has 6 rings (SSSR count). The molecule has 1 aliphatic rings. The van der Waals surface area contributed by atoms with Gasteiger partial charge in [0, 0.05) is 17.7 Å². The molecular weight excluding hydrogens is 485 g/mol. The fourth-order valence-corrected chi connectivity index (χ4v) is 4.76. The van der Waals surface area contributed by atoms with E-state index in [1.807, 2.05) is 43.3 Å². The van der Waals surface area contributed by atoms with Crippen molar-refractivity contribution in [2.45, 2.75) is 26.3 Å². The molecule has 0 saturated carbocycles. The molecule has 10 heteroatoms. The Hall–Kier alpha value is -4.60. The minimum absolute atomic E-state index is 0.0236. The lowest BCUT2D eigenvalue weighted by Gasteiger charge is -2.15. The Balaban J connectivity index is 1.49. The molecule has 1 N–H and O–H groups in total. The van der Waals surface area contributed by atoms with Gasteiger partial charge in [0.25, 0.3) is 0 Å². The van der Waals surface area contributed by atoms with Gasteiger partial charge in [-0.15, -0.1) is 0 Å². The maximum atomic E-state index is 13.8. The Labute approximate surface area is 207 Å². The van der Waals surface area contributed by atoms with Crippen molar-refractivity contribution in [1.29, 1.82) is 0 Å². The number of para-hydroxylation sites is 3.